The van der Waals surface area contributed by atoms with Gasteiger partial charge in [0.05, 0.1) is 4.90 Å². The minimum Gasteiger partial charge on any atom is -0.480 e. The first-order valence-corrected chi connectivity index (χ1v) is 8.99. The lowest BCUT2D eigenvalue weighted by atomic mass is 10.0. The van der Waals surface area contributed by atoms with Crippen LogP contribution in [-0.2, 0) is 14.8 Å². The van der Waals surface area contributed by atoms with Crippen LogP contribution >= 0.6 is 0 Å². The Bertz CT molecular complexity index is 703. The Morgan fingerprint density at radius 2 is 1.58 bits per heavy atom. The summed E-state index contributed by atoms with van der Waals surface area (Å²) in [5, 5.41) is 11.5. The van der Waals surface area contributed by atoms with E-state index in [1.54, 1.807) is 34.6 Å². The van der Waals surface area contributed by atoms with Gasteiger partial charge in [0.2, 0.25) is 10.0 Å². The molecule has 0 heterocycles. The molecule has 1 atom stereocenters. The van der Waals surface area contributed by atoms with Crippen LogP contribution in [0.25, 0.3) is 0 Å². The first kappa shape index (κ1) is 20.1. The molecule has 7 nitrogen and oxygen atoms in total. The second kappa shape index (κ2) is 7.31. The Kier molecular flexibility index (Phi) is 6.13. The molecule has 1 amide bonds. The van der Waals surface area contributed by atoms with E-state index >= 15 is 0 Å². The fraction of sp³-hybridized carbons (Fsp3) is 0.500. The van der Waals surface area contributed by atoms with Crippen LogP contribution in [0.1, 0.15) is 45.0 Å². The van der Waals surface area contributed by atoms with Gasteiger partial charge in [0.1, 0.15) is 6.04 Å². The Morgan fingerprint density at radius 3 is 1.96 bits per heavy atom. The van der Waals surface area contributed by atoms with Gasteiger partial charge in [-0.25, -0.2) is 17.9 Å². The fourth-order valence-electron chi connectivity index (χ4n) is 1.99. The zero-order chi connectivity index (χ0) is 18.7. The SMILES string of the molecule is CC(C)[C@@H](NC(=O)c1ccc(S(=O)(=O)NC(C)(C)C)cc1)C(=O)O. The number of carboxylic acid groups (broad SMARTS) is 1. The average molecular weight is 356 g/mol. The minimum absolute atomic E-state index is 0.0348. The van der Waals surface area contributed by atoms with Crippen molar-refractivity contribution in [2.45, 2.75) is 51.1 Å². The number of carboxylic acids is 1. The third-order valence-corrected chi connectivity index (χ3v) is 4.86. The number of hydrogen-bond acceptors (Lipinski definition) is 4. The second-order valence-corrected chi connectivity index (χ2v) is 8.60. The molecular weight excluding hydrogens is 332 g/mol. The van der Waals surface area contributed by atoms with Crippen molar-refractivity contribution < 1.29 is 23.1 Å². The average Bonchev–Trinajstić information content (AvgIpc) is 2.41. The number of benzene rings is 1. The molecule has 1 aromatic carbocycles. The van der Waals surface area contributed by atoms with Crippen molar-refractivity contribution in [3.8, 4) is 0 Å². The molecule has 8 heteroatoms. The molecule has 3 N–H and O–H groups in total. The van der Waals surface area contributed by atoms with E-state index < -0.39 is 33.5 Å². The van der Waals surface area contributed by atoms with Crippen LogP contribution in [0, 0.1) is 5.92 Å². The third-order valence-electron chi connectivity index (χ3n) is 3.09. The zero-order valence-corrected chi connectivity index (χ0v) is 15.3. The van der Waals surface area contributed by atoms with Gasteiger partial charge in [0, 0.05) is 11.1 Å². The van der Waals surface area contributed by atoms with Crippen molar-refractivity contribution in [2.75, 3.05) is 0 Å². The number of rotatable bonds is 6. The summed E-state index contributed by atoms with van der Waals surface area (Å²) in [5.41, 5.74) is -0.433. The van der Waals surface area contributed by atoms with Crippen molar-refractivity contribution in [2.24, 2.45) is 5.92 Å². The summed E-state index contributed by atoms with van der Waals surface area (Å²) >= 11 is 0. The Morgan fingerprint density at radius 1 is 1.08 bits per heavy atom. The molecule has 1 rings (SSSR count). The van der Waals surface area contributed by atoms with Gasteiger partial charge in [-0.3, -0.25) is 4.79 Å². The van der Waals surface area contributed by atoms with E-state index in [-0.39, 0.29) is 16.4 Å². The number of hydrogen-bond donors (Lipinski definition) is 3. The Hall–Kier alpha value is -1.93. The van der Waals surface area contributed by atoms with Gasteiger partial charge >= 0.3 is 5.97 Å². The van der Waals surface area contributed by atoms with Gasteiger partial charge in [0.15, 0.2) is 0 Å². The minimum atomic E-state index is -3.69. The highest BCUT2D eigenvalue weighted by atomic mass is 32.2. The highest BCUT2D eigenvalue weighted by molar-refractivity contribution is 7.89. The van der Waals surface area contributed by atoms with E-state index in [2.05, 4.69) is 10.0 Å². The normalized spacial score (nSPS) is 13.6. The largest absolute Gasteiger partial charge is 0.480 e. The molecule has 0 saturated heterocycles. The van der Waals surface area contributed by atoms with Gasteiger partial charge in [-0.05, 0) is 51.0 Å². The van der Waals surface area contributed by atoms with Crippen molar-refractivity contribution in [1.29, 1.82) is 0 Å². The van der Waals surface area contributed by atoms with E-state index in [0.717, 1.165) is 0 Å². The second-order valence-electron chi connectivity index (χ2n) is 6.91. The molecule has 0 radical (unpaired) electrons. The van der Waals surface area contributed by atoms with Gasteiger partial charge in [0.25, 0.3) is 5.91 Å². The molecule has 0 bridgehead atoms. The third kappa shape index (κ3) is 5.61. The number of carbonyl (C=O) groups is 2. The topological polar surface area (TPSA) is 113 Å². The predicted octanol–water partition coefficient (Wildman–Crippen LogP) is 1.60. The molecule has 1 aromatic rings. The fourth-order valence-corrected chi connectivity index (χ4v) is 3.40. The molecule has 0 aliphatic carbocycles. The monoisotopic (exact) mass is 356 g/mol. The van der Waals surface area contributed by atoms with Gasteiger partial charge in [-0.1, -0.05) is 13.8 Å². The molecule has 134 valence electrons. The molecular formula is C16H24N2O5S. The lowest BCUT2D eigenvalue weighted by Crippen LogP contribution is -2.44. The standard InChI is InChI=1S/C16H24N2O5S/c1-10(2)13(15(20)21)17-14(19)11-6-8-12(9-7-11)24(22,23)18-16(3,4)5/h6-10,13,18H,1-5H3,(H,17,19)(H,20,21)/t13-/m1/s1. The van der Waals surface area contributed by atoms with Crippen molar-refractivity contribution in [1.82, 2.24) is 10.0 Å². The lowest BCUT2D eigenvalue weighted by Gasteiger charge is -2.20. The van der Waals surface area contributed by atoms with E-state index in [1.165, 1.54) is 24.3 Å². The Balaban J connectivity index is 2.95. The van der Waals surface area contributed by atoms with Crippen LogP contribution in [0.2, 0.25) is 0 Å². The molecule has 0 unspecified atom stereocenters. The summed E-state index contributed by atoms with van der Waals surface area (Å²) in [5.74, 6) is -1.96. The predicted molar refractivity (Wildman–Crippen MR) is 90.2 cm³/mol. The molecule has 0 spiro atoms. The van der Waals surface area contributed by atoms with E-state index in [9.17, 15) is 18.0 Å². The summed E-state index contributed by atoms with van der Waals surface area (Å²) in [6.45, 7) is 8.55. The highest BCUT2D eigenvalue weighted by Crippen LogP contribution is 2.14. The quantitative estimate of drug-likeness (QED) is 0.717. The van der Waals surface area contributed by atoms with E-state index in [4.69, 9.17) is 5.11 Å². The van der Waals surface area contributed by atoms with Crippen LogP contribution < -0.4 is 10.0 Å². The zero-order valence-electron chi connectivity index (χ0n) is 14.5. The summed E-state index contributed by atoms with van der Waals surface area (Å²) in [7, 11) is -3.69. The first-order valence-electron chi connectivity index (χ1n) is 7.51. The number of carbonyl (C=O) groups excluding carboxylic acids is 1. The maximum Gasteiger partial charge on any atom is 0.326 e. The molecule has 0 aromatic heterocycles. The van der Waals surface area contributed by atoms with Crippen LogP contribution in [0.4, 0.5) is 0 Å². The first-order chi connectivity index (χ1) is 10.8. The summed E-state index contributed by atoms with van der Waals surface area (Å²) in [6, 6.07) is 4.32. The smallest absolute Gasteiger partial charge is 0.326 e. The van der Waals surface area contributed by atoms with Crippen LogP contribution in [-0.4, -0.2) is 37.0 Å². The number of aliphatic carboxylic acids is 1. The van der Waals surface area contributed by atoms with Crippen molar-refractivity contribution in [3.05, 3.63) is 29.8 Å². The van der Waals surface area contributed by atoms with Crippen LogP contribution in [0.15, 0.2) is 29.2 Å². The lowest BCUT2D eigenvalue weighted by molar-refractivity contribution is -0.140. The van der Waals surface area contributed by atoms with Crippen LogP contribution in [0.5, 0.6) is 0 Å². The molecule has 0 fully saturated rings. The summed E-state index contributed by atoms with van der Waals surface area (Å²) < 4.78 is 26.9. The van der Waals surface area contributed by atoms with Gasteiger partial charge in [-0.2, -0.15) is 0 Å². The summed E-state index contributed by atoms with van der Waals surface area (Å²) in [6.07, 6.45) is 0. The number of nitrogens with one attached hydrogen (secondary N) is 2. The summed E-state index contributed by atoms with van der Waals surface area (Å²) in [4.78, 5) is 23.3. The number of sulfonamides is 1. The molecule has 0 aliphatic heterocycles. The van der Waals surface area contributed by atoms with Gasteiger partial charge < -0.3 is 10.4 Å². The van der Waals surface area contributed by atoms with E-state index in [1.807, 2.05) is 0 Å². The van der Waals surface area contributed by atoms with Crippen molar-refractivity contribution >= 4 is 21.9 Å². The molecule has 0 saturated carbocycles. The van der Waals surface area contributed by atoms with Gasteiger partial charge in [-0.15, -0.1) is 0 Å². The van der Waals surface area contributed by atoms with E-state index in [0.29, 0.717) is 0 Å². The molecule has 0 aliphatic rings. The Labute approximate surface area is 142 Å². The molecule has 24 heavy (non-hydrogen) atoms. The number of amides is 1. The maximum absolute atomic E-state index is 12.2. The highest BCUT2D eigenvalue weighted by Gasteiger charge is 2.25. The maximum atomic E-state index is 12.2. The van der Waals surface area contributed by atoms with Crippen molar-refractivity contribution in [3.63, 3.8) is 0 Å². The van der Waals surface area contributed by atoms with Crippen LogP contribution in [0.3, 0.4) is 0 Å².